The molecular formula is C8H8Cl3NO. The quantitative estimate of drug-likeness (QED) is 0.633. The first-order chi connectivity index (χ1) is 6.07. The summed E-state index contributed by atoms with van der Waals surface area (Å²) in [5, 5.41) is 0.876. The van der Waals surface area contributed by atoms with Crippen molar-refractivity contribution in [3.05, 3.63) is 21.1 Å². The minimum absolute atomic E-state index is 0.234. The van der Waals surface area contributed by atoms with E-state index in [1.165, 1.54) is 0 Å². The molecule has 0 fully saturated rings. The minimum Gasteiger partial charge on any atom is -0.492 e. The normalized spacial score (nSPS) is 10.2. The number of anilines is 1. The molecule has 0 aliphatic heterocycles. The van der Waals surface area contributed by atoms with Gasteiger partial charge in [0.25, 0.3) is 0 Å². The third-order valence-corrected chi connectivity index (χ3v) is 2.64. The third-order valence-electron chi connectivity index (χ3n) is 1.46. The van der Waals surface area contributed by atoms with Gasteiger partial charge in [-0.1, -0.05) is 34.8 Å². The second-order valence-corrected chi connectivity index (χ2v) is 3.49. The largest absolute Gasteiger partial charge is 0.492 e. The maximum Gasteiger partial charge on any atom is 0.141 e. The smallest absolute Gasteiger partial charge is 0.141 e. The van der Waals surface area contributed by atoms with Crippen molar-refractivity contribution >= 4 is 40.5 Å². The first-order valence-electron chi connectivity index (χ1n) is 3.63. The van der Waals surface area contributed by atoms with Crippen molar-refractivity contribution in [2.75, 3.05) is 12.3 Å². The predicted molar refractivity (Wildman–Crippen MR) is 57.1 cm³/mol. The van der Waals surface area contributed by atoms with Crippen molar-refractivity contribution in [3.8, 4) is 5.75 Å². The zero-order valence-electron chi connectivity index (χ0n) is 6.90. The van der Waals surface area contributed by atoms with Crippen molar-refractivity contribution in [3.63, 3.8) is 0 Å². The molecule has 0 aliphatic rings. The van der Waals surface area contributed by atoms with Gasteiger partial charge in [0.05, 0.1) is 22.3 Å². The van der Waals surface area contributed by atoms with E-state index in [2.05, 4.69) is 0 Å². The molecule has 0 unspecified atom stereocenters. The Bertz CT molecular complexity index is 328. The van der Waals surface area contributed by atoms with Gasteiger partial charge < -0.3 is 10.5 Å². The Hall–Kier alpha value is -0.310. The molecule has 1 aromatic rings. The third kappa shape index (κ3) is 2.13. The Kier molecular flexibility index (Phi) is 3.54. The van der Waals surface area contributed by atoms with Crippen LogP contribution in [0.1, 0.15) is 6.92 Å². The van der Waals surface area contributed by atoms with E-state index in [1.54, 1.807) is 6.07 Å². The van der Waals surface area contributed by atoms with Crippen LogP contribution in [0.5, 0.6) is 5.75 Å². The molecule has 0 bridgehead atoms. The molecule has 0 radical (unpaired) electrons. The topological polar surface area (TPSA) is 35.2 Å². The zero-order chi connectivity index (χ0) is 10.0. The van der Waals surface area contributed by atoms with Crippen LogP contribution in [0.2, 0.25) is 15.1 Å². The van der Waals surface area contributed by atoms with Crippen molar-refractivity contribution in [2.45, 2.75) is 6.92 Å². The minimum atomic E-state index is 0.234. The number of nitrogen functional groups attached to an aromatic ring is 1. The average molecular weight is 241 g/mol. The molecule has 0 atom stereocenters. The van der Waals surface area contributed by atoms with Gasteiger partial charge in [0.15, 0.2) is 0 Å². The van der Waals surface area contributed by atoms with Gasteiger partial charge in [0.2, 0.25) is 0 Å². The maximum absolute atomic E-state index is 5.85. The highest BCUT2D eigenvalue weighted by Crippen LogP contribution is 2.40. The molecule has 0 aliphatic carbocycles. The fourth-order valence-electron chi connectivity index (χ4n) is 0.848. The van der Waals surface area contributed by atoms with Crippen LogP contribution >= 0.6 is 34.8 Å². The monoisotopic (exact) mass is 239 g/mol. The van der Waals surface area contributed by atoms with Gasteiger partial charge in [0.1, 0.15) is 10.8 Å². The number of benzene rings is 1. The number of hydrogen-bond acceptors (Lipinski definition) is 2. The van der Waals surface area contributed by atoms with Gasteiger partial charge in [-0.2, -0.15) is 0 Å². The lowest BCUT2D eigenvalue weighted by Crippen LogP contribution is -1.95. The highest BCUT2D eigenvalue weighted by molar-refractivity contribution is 6.46. The molecule has 13 heavy (non-hydrogen) atoms. The lowest BCUT2D eigenvalue weighted by atomic mass is 10.3. The van der Waals surface area contributed by atoms with Gasteiger partial charge in [-0.05, 0) is 6.92 Å². The molecule has 0 aromatic heterocycles. The van der Waals surface area contributed by atoms with E-state index in [4.69, 9.17) is 45.3 Å². The predicted octanol–water partition coefficient (Wildman–Crippen LogP) is 3.63. The van der Waals surface area contributed by atoms with Crippen LogP contribution in [-0.4, -0.2) is 6.61 Å². The van der Waals surface area contributed by atoms with Crippen LogP contribution < -0.4 is 10.5 Å². The Morgan fingerprint density at radius 2 is 1.92 bits per heavy atom. The molecule has 0 saturated heterocycles. The van der Waals surface area contributed by atoms with Crippen LogP contribution in [0.15, 0.2) is 6.07 Å². The molecule has 0 saturated carbocycles. The number of rotatable bonds is 2. The highest BCUT2D eigenvalue weighted by atomic mass is 35.5. The summed E-state index contributed by atoms with van der Waals surface area (Å²) in [5.74, 6) is 0.452. The standard InChI is InChI=1S/C8H8Cl3NO/c1-2-13-5-3-4(9)8(12)7(11)6(5)10/h3H,2,12H2,1H3. The van der Waals surface area contributed by atoms with Crippen LogP contribution in [-0.2, 0) is 0 Å². The summed E-state index contributed by atoms with van der Waals surface area (Å²) in [7, 11) is 0. The van der Waals surface area contributed by atoms with Crippen molar-refractivity contribution in [1.82, 2.24) is 0 Å². The number of halogens is 3. The summed E-state index contributed by atoms with van der Waals surface area (Å²) < 4.78 is 5.20. The summed E-state index contributed by atoms with van der Waals surface area (Å²) in [6.07, 6.45) is 0. The van der Waals surface area contributed by atoms with E-state index < -0.39 is 0 Å². The zero-order valence-corrected chi connectivity index (χ0v) is 9.17. The summed E-state index contributed by atoms with van der Waals surface area (Å²) in [6, 6.07) is 1.55. The fraction of sp³-hybridized carbons (Fsp3) is 0.250. The van der Waals surface area contributed by atoms with Gasteiger partial charge in [-0.15, -0.1) is 0 Å². The molecule has 2 N–H and O–H groups in total. The first-order valence-corrected chi connectivity index (χ1v) is 4.77. The number of ether oxygens (including phenoxy) is 1. The second-order valence-electron chi connectivity index (χ2n) is 2.33. The van der Waals surface area contributed by atoms with E-state index >= 15 is 0 Å². The molecule has 1 aromatic carbocycles. The fourth-order valence-corrected chi connectivity index (χ4v) is 1.50. The summed E-state index contributed by atoms with van der Waals surface area (Å²) >= 11 is 17.4. The summed E-state index contributed by atoms with van der Waals surface area (Å²) in [6.45, 7) is 2.34. The van der Waals surface area contributed by atoms with Gasteiger partial charge in [-0.3, -0.25) is 0 Å². The Balaban J connectivity index is 3.24. The molecule has 0 spiro atoms. The second kappa shape index (κ2) is 4.27. The van der Waals surface area contributed by atoms with Crippen LogP contribution in [0.4, 0.5) is 5.69 Å². The molecule has 0 amide bonds. The lowest BCUT2D eigenvalue weighted by molar-refractivity contribution is 0.340. The van der Waals surface area contributed by atoms with Gasteiger partial charge >= 0.3 is 0 Å². The summed E-state index contributed by atoms with van der Waals surface area (Å²) in [4.78, 5) is 0. The Labute approximate surface area is 91.5 Å². The molecule has 0 heterocycles. The summed E-state index contributed by atoms with van der Waals surface area (Å²) in [5.41, 5.74) is 5.82. The lowest BCUT2D eigenvalue weighted by Gasteiger charge is -2.09. The van der Waals surface area contributed by atoms with E-state index in [0.717, 1.165) is 0 Å². The molecule has 1 rings (SSSR count). The van der Waals surface area contributed by atoms with Crippen LogP contribution in [0.25, 0.3) is 0 Å². The van der Waals surface area contributed by atoms with E-state index in [-0.39, 0.29) is 10.7 Å². The number of hydrogen-bond donors (Lipinski definition) is 1. The van der Waals surface area contributed by atoms with E-state index in [0.29, 0.717) is 22.4 Å². The van der Waals surface area contributed by atoms with Crippen LogP contribution in [0.3, 0.4) is 0 Å². The highest BCUT2D eigenvalue weighted by Gasteiger charge is 2.12. The maximum atomic E-state index is 5.85. The van der Waals surface area contributed by atoms with Crippen molar-refractivity contribution in [2.24, 2.45) is 0 Å². The number of nitrogens with two attached hydrogens (primary N) is 1. The Morgan fingerprint density at radius 1 is 1.31 bits per heavy atom. The van der Waals surface area contributed by atoms with E-state index in [1.807, 2.05) is 6.92 Å². The Morgan fingerprint density at radius 3 is 2.46 bits per heavy atom. The van der Waals surface area contributed by atoms with E-state index in [9.17, 15) is 0 Å². The molecule has 72 valence electrons. The first kappa shape index (κ1) is 10.8. The SMILES string of the molecule is CCOc1cc(Cl)c(N)c(Cl)c1Cl. The average Bonchev–Trinajstić information content (AvgIpc) is 2.11. The molecule has 2 nitrogen and oxygen atoms in total. The van der Waals surface area contributed by atoms with Gasteiger partial charge in [-0.25, -0.2) is 0 Å². The van der Waals surface area contributed by atoms with Crippen molar-refractivity contribution < 1.29 is 4.74 Å². The molecular weight excluding hydrogens is 232 g/mol. The van der Waals surface area contributed by atoms with Crippen LogP contribution in [0, 0.1) is 0 Å². The van der Waals surface area contributed by atoms with Gasteiger partial charge in [0, 0.05) is 6.07 Å². The molecule has 5 heteroatoms. The van der Waals surface area contributed by atoms with Crippen molar-refractivity contribution in [1.29, 1.82) is 0 Å².